The van der Waals surface area contributed by atoms with Gasteiger partial charge in [-0.2, -0.15) is 0 Å². The molecule has 8 heteroatoms. The maximum Gasteiger partial charge on any atom is 0.262 e. The molecular formula is C19H24N4O4. The van der Waals surface area contributed by atoms with Crippen LogP contribution in [0.25, 0.3) is 0 Å². The predicted molar refractivity (Wildman–Crippen MR) is 97.9 cm³/mol. The number of hydrogen-bond donors (Lipinski definition) is 3. The highest BCUT2D eigenvalue weighted by molar-refractivity contribution is 6.23. The molecule has 0 aromatic heterocycles. The third kappa shape index (κ3) is 3.91. The Morgan fingerprint density at radius 3 is 2.59 bits per heavy atom. The van der Waals surface area contributed by atoms with E-state index < -0.39 is 23.8 Å². The molecule has 2 heterocycles. The van der Waals surface area contributed by atoms with Crippen LogP contribution >= 0.6 is 0 Å². The van der Waals surface area contributed by atoms with Gasteiger partial charge < -0.3 is 10.6 Å². The molecule has 4 amide bonds. The van der Waals surface area contributed by atoms with Crippen LogP contribution in [0.5, 0.6) is 0 Å². The molecule has 1 saturated heterocycles. The number of carbonyl (C=O) groups is 4. The molecule has 27 heavy (non-hydrogen) atoms. The molecule has 1 aromatic carbocycles. The highest BCUT2D eigenvalue weighted by Gasteiger charge is 2.44. The first-order valence-corrected chi connectivity index (χ1v) is 9.12. The van der Waals surface area contributed by atoms with Crippen molar-refractivity contribution in [3.05, 3.63) is 34.9 Å². The van der Waals surface area contributed by atoms with E-state index in [1.807, 2.05) is 13.1 Å². The monoisotopic (exact) mass is 372 g/mol. The molecule has 1 fully saturated rings. The van der Waals surface area contributed by atoms with Crippen LogP contribution in [0.1, 0.15) is 46.0 Å². The highest BCUT2D eigenvalue weighted by atomic mass is 16.2. The van der Waals surface area contributed by atoms with Crippen molar-refractivity contribution in [2.45, 2.75) is 32.4 Å². The van der Waals surface area contributed by atoms with Gasteiger partial charge in [-0.25, -0.2) is 0 Å². The molecule has 2 aliphatic rings. The molecule has 0 radical (unpaired) electrons. The second-order valence-corrected chi connectivity index (χ2v) is 7.12. The molecule has 0 spiro atoms. The second-order valence-electron chi connectivity index (χ2n) is 7.12. The van der Waals surface area contributed by atoms with E-state index in [9.17, 15) is 19.2 Å². The third-order valence-electron chi connectivity index (χ3n) is 4.88. The highest BCUT2D eigenvalue weighted by Crippen LogP contribution is 2.28. The lowest BCUT2D eigenvalue weighted by molar-refractivity contribution is -0.136. The summed E-state index contributed by atoms with van der Waals surface area (Å²) in [4.78, 5) is 49.8. The molecule has 2 unspecified atom stereocenters. The minimum atomic E-state index is -0.931. The largest absolute Gasteiger partial charge is 0.319 e. The number of fused-ring (bicyclic) bond motifs is 1. The van der Waals surface area contributed by atoms with Crippen molar-refractivity contribution in [2.75, 3.05) is 20.1 Å². The Hall–Kier alpha value is -2.58. The lowest BCUT2D eigenvalue weighted by Gasteiger charge is -2.27. The van der Waals surface area contributed by atoms with Gasteiger partial charge in [0.2, 0.25) is 11.8 Å². The Kier molecular flexibility index (Phi) is 5.67. The molecule has 0 bridgehead atoms. The van der Waals surface area contributed by atoms with Crippen molar-refractivity contribution in [3.63, 3.8) is 0 Å². The maximum atomic E-state index is 12.8. The summed E-state index contributed by atoms with van der Waals surface area (Å²) in [7, 11) is 1.91. The van der Waals surface area contributed by atoms with Gasteiger partial charge in [-0.15, -0.1) is 0 Å². The van der Waals surface area contributed by atoms with Gasteiger partial charge in [-0.3, -0.25) is 29.4 Å². The van der Waals surface area contributed by atoms with Crippen molar-refractivity contribution < 1.29 is 19.2 Å². The van der Waals surface area contributed by atoms with Crippen molar-refractivity contribution >= 4 is 23.6 Å². The summed E-state index contributed by atoms with van der Waals surface area (Å²) >= 11 is 0. The standard InChI is InChI=1S/C19H24N4O4/c1-11(8-20-2)9-21-10-12-3-4-13-14(7-12)19(27)23(18(13)26)15-5-6-16(24)22-17(15)25/h3-4,7,11,15,20-21H,5-6,8-10H2,1-2H3,(H,22,24,25). The van der Waals surface area contributed by atoms with Crippen LogP contribution in [0.4, 0.5) is 0 Å². The van der Waals surface area contributed by atoms with Crippen LogP contribution in [0.2, 0.25) is 0 Å². The number of amides is 4. The topological polar surface area (TPSA) is 108 Å². The summed E-state index contributed by atoms with van der Waals surface area (Å²) in [6.07, 6.45) is 0.275. The molecule has 0 aliphatic carbocycles. The van der Waals surface area contributed by atoms with Crippen LogP contribution in [0.3, 0.4) is 0 Å². The fourth-order valence-electron chi connectivity index (χ4n) is 3.51. The summed E-state index contributed by atoms with van der Waals surface area (Å²) in [5.41, 5.74) is 1.51. The van der Waals surface area contributed by atoms with E-state index in [1.54, 1.807) is 12.1 Å². The number of rotatable bonds is 7. The average molecular weight is 372 g/mol. The number of piperidine rings is 1. The van der Waals surface area contributed by atoms with E-state index >= 15 is 0 Å². The zero-order valence-electron chi connectivity index (χ0n) is 15.5. The van der Waals surface area contributed by atoms with Gasteiger partial charge in [-0.1, -0.05) is 13.0 Å². The van der Waals surface area contributed by atoms with Gasteiger partial charge in [-0.05, 0) is 50.2 Å². The van der Waals surface area contributed by atoms with Gasteiger partial charge in [0.25, 0.3) is 11.8 Å². The van der Waals surface area contributed by atoms with Crippen LogP contribution in [0.15, 0.2) is 18.2 Å². The quantitative estimate of drug-likeness (QED) is 0.583. The minimum Gasteiger partial charge on any atom is -0.319 e. The number of nitrogens with zero attached hydrogens (tertiary/aromatic N) is 1. The van der Waals surface area contributed by atoms with E-state index in [0.29, 0.717) is 23.6 Å². The molecule has 3 rings (SSSR count). The van der Waals surface area contributed by atoms with E-state index in [0.717, 1.165) is 23.6 Å². The number of imide groups is 2. The third-order valence-corrected chi connectivity index (χ3v) is 4.88. The molecule has 0 saturated carbocycles. The molecule has 3 N–H and O–H groups in total. The van der Waals surface area contributed by atoms with Crippen LogP contribution in [0, 0.1) is 5.92 Å². The van der Waals surface area contributed by atoms with Crippen LogP contribution in [-0.2, 0) is 16.1 Å². The lowest BCUT2D eigenvalue weighted by atomic mass is 10.0. The van der Waals surface area contributed by atoms with E-state index in [1.165, 1.54) is 0 Å². The fourth-order valence-corrected chi connectivity index (χ4v) is 3.51. The first-order valence-electron chi connectivity index (χ1n) is 9.12. The van der Waals surface area contributed by atoms with E-state index in [4.69, 9.17) is 0 Å². The summed E-state index contributed by atoms with van der Waals surface area (Å²) in [6, 6.07) is 4.22. The van der Waals surface area contributed by atoms with E-state index in [-0.39, 0.29) is 18.7 Å². The molecule has 2 aliphatic heterocycles. The Bertz CT molecular complexity index is 792. The van der Waals surface area contributed by atoms with Crippen molar-refractivity contribution in [1.29, 1.82) is 0 Å². The predicted octanol–water partition coefficient (Wildman–Crippen LogP) is 0.0329. The van der Waals surface area contributed by atoms with Gasteiger partial charge in [0.1, 0.15) is 6.04 Å². The Balaban J connectivity index is 1.71. The molecule has 144 valence electrons. The smallest absolute Gasteiger partial charge is 0.262 e. The Morgan fingerprint density at radius 2 is 1.89 bits per heavy atom. The van der Waals surface area contributed by atoms with E-state index in [2.05, 4.69) is 22.9 Å². The maximum absolute atomic E-state index is 12.8. The number of carbonyl (C=O) groups excluding carboxylic acids is 4. The summed E-state index contributed by atoms with van der Waals surface area (Å²) < 4.78 is 0. The Labute approximate surface area is 157 Å². The summed E-state index contributed by atoms with van der Waals surface area (Å²) in [5.74, 6) is -1.47. The van der Waals surface area contributed by atoms with Gasteiger partial charge in [0.05, 0.1) is 11.1 Å². The van der Waals surface area contributed by atoms with Crippen molar-refractivity contribution in [3.8, 4) is 0 Å². The molecular weight excluding hydrogens is 348 g/mol. The lowest BCUT2D eigenvalue weighted by Crippen LogP contribution is -2.54. The Morgan fingerprint density at radius 1 is 1.15 bits per heavy atom. The first-order chi connectivity index (χ1) is 12.9. The first kappa shape index (κ1) is 19.2. The number of hydrogen-bond acceptors (Lipinski definition) is 6. The summed E-state index contributed by atoms with van der Waals surface area (Å²) in [5, 5.41) is 8.66. The minimum absolute atomic E-state index is 0.115. The summed E-state index contributed by atoms with van der Waals surface area (Å²) in [6.45, 7) is 4.45. The van der Waals surface area contributed by atoms with Gasteiger partial charge in [0, 0.05) is 13.0 Å². The molecule has 8 nitrogen and oxygen atoms in total. The van der Waals surface area contributed by atoms with Crippen molar-refractivity contribution in [2.24, 2.45) is 5.92 Å². The normalized spacial score (nSPS) is 20.7. The molecule has 1 aromatic rings. The van der Waals surface area contributed by atoms with Crippen molar-refractivity contribution in [1.82, 2.24) is 20.9 Å². The molecule has 2 atom stereocenters. The average Bonchev–Trinajstić information content (AvgIpc) is 2.86. The second kappa shape index (κ2) is 7.98. The zero-order chi connectivity index (χ0) is 19.6. The fraction of sp³-hybridized carbons (Fsp3) is 0.474. The number of benzene rings is 1. The van der Waals surface area contributed by atoms with Gasteiger partial charge in [0.15, 0.2) is 0 Å². The SMILES string of the molecule is CNCC(C)CNCc1ccc2c(c1)C(=O)N(C1CCC(=O)NC1=O)C2=O. The van der Waals surface area contributed by atoms with Gasteiger partial charge >= 0.3 is 0 Å². The van der Waals surface area contributed by atoms with Crippen LogP contribution < -0.4 is 16.0 Å². The zero-order valence-corrected chi connectivity index (χ0v) is 15.5. The number of nitrogens with one attached hydrogen (secondary N) is 3. The van der Waals surface area contributed by atoms with Crippen LogP contribution in [-0.4, -0.2) is 54.7 Å².